The van der Waals surface area contributed by atoms with Crippen LogP contribution in [0.2, 0.25) is 0 Å². The van der Waals surface area contributed by atoms with Gasteiger partial charge in [-0.05, 0) is 38.2 Å². The maximum absolute atomic E-state index is 3.46. The summed E-state index contributed by atoms with van der Waals surface area (Å²) >= 11 is 3.46. The van der Waals surface area contributed by atoms with E-state index in [4.69, 9.17) is 0 Å². The highest BCUT2D eigenvalue weighted by molar-refractivity contribution is 9.10. The summed E-state index contributed by atoms with van der Waals surface area (Å²) in [5.41, 5.74) is 1.39. The van der Waals surface area contributed by atoms with Gasteiger partial charge in [0.05, 0.1) is 0 Å². The second-order valence-corrected chi connectivity index (χ2v) is 4.10. The zero-order chi connectivity index (χ0) is 8.97. The van der Waals surface area contributed by atoms with E-state index in [1.165, 1.54) is 10.0 Å². The molecule has 0 aliphatic heterocycles. The highest BCUT2D eigenvalue weighted by atomic mass is 79.9. The summed E-state index contributed by atoms with van der Waals surface area (Å²) in [5.74, 6) is 0. The van der Waals surface area contributed by atoms with Crippen LogP contribution in [-0.2, 0) is 6.42 Å². The van der Waals surface area contributed by atoms with E-state index in [0.717, 1.165) is 13.0 Å². The van der Waals surface area contributed by atoms with Crippen LogP contribution in [0.4, 0.5) is 0 Å². The van der Waals surface area contributed by atoms with Gasteiger partial charge >= 0.3 is 0 Å². The Morgan fingerprint density at radius 3 is 2.54 bits per heavy atom. The van der Waals surface area contributed by atoms with Gasteiger partial charge in [0.1, 0.15) is 0 Å². The number of hydrogen-bond acceptors (Lipinski definition) is 1. The van der Waals surface area contributed by atoms with Crippen molar-refractivity contribution in [3.63, 3.8) is 0 Å². The minimum absolute atomic E-state index is 0. The zero-order valence-corrected chi connectivity index (χ0v) is 10.4. The fourth-order valence-corrected chi connectivity index (χ4v) is 1.49. The standard InChI is InChI=1S/C10H14BrN.ClH/c1-12(2)7-6-9-4-3-5-10(11)8-9;/h3-5,8H,6-7H2,1-2H3;1H. The molecule has 0 aliphatic rings. The Bertz CT molecular complexity index is 250. The Hall–Kier alpha value is -0.0500. The van der Waals surface area contributed by atoms with E-state index in [0.29, 0.717) is 0 Å². The fraction of sp³-hybridized carbons (Fsp3) is 0.400. The van der Waals surface area contributed by atoms with E-state index >= 15 is 0 Å². The van der Waals surface area contributed by atoms with Crippen molar-refractivity contribution in [2.45, 2.75) is 6.42 Å². The summed E-state index contributed by atoms with van der Waals surface area (Å²) in [6.07, 6.45) is 1.12. The average Bonchev–Trinajstić information content (AvgIpc) is 2.01. The third kappa shape index (κ3) is 5.29. The molecular weight excluding hydrogens is 249 g/mol. The van der Waals surface area contributed by atoms with Crippen LogP contribution in [0, 0.1) is 0 Å². The maximum atomic E-state index is 3.46. The van der Waals surface area contributed by atoms with Crippen LogP contribution < -0.4 is 0 Å². The van der Waals surface area contributed by atoms with Crippen LogP contribution in [0.15, 0.2) is 28.7 Å². The van der Waals surface area contributed by atoms with Crippen LogP contribution in [-0.4, -0.2) is 25.5 Å². The van der Waals surface area contributed by atoms with Gasteiger partial charge in [0.15, 0.2) is 0 Å². The Morgan fingerprint density at radius 2 is 2.00 bits per heavy atom. The second-order valence-electron chi connectivity index (χ2n) is 3.18. The van der Waals surface area contributed by atoms with Crippen molar-refractivity contribution in [3.8, 4) is 0 Å². The third-order valence-corrected chi connectivity index (χ3v) is 2.23. The molecule has 0 N–H and O–H groups in total. The highest BCUT2D eigenvalue weighted by Gasteiger charge is 1.94. The molecule has 1 nitrogen and oxygen atoms in total. The molecule has 1 aromatic rings. The van der Waals surface area contributed by atoms with E-state index in [9.17, 15) is 0 Å². The molecule has 0 heterocycles. The normalized spacial score (nSPS) is 9.85. The number of rotatable bonds is 3. The predicted molar refractivity (Wildman–Crippen MR) is 63.6 cm³/mol. The maximum Gasteiger partial charge on any atom is 0.0178 e. The molecule has 0 saturated heterocycles. The minimum atomic E-state index is 0. The van der Waals surface area contributed by atoms with Crippen molar-refractivity contribution in [1.82, 2.24) is 4.90 Å². The van der Waals surface area contributed by atoms with Crippen molar-refractivity contribution in [2.75, 3.05) is 20.6 Å². The van der Waals surface area contributed by atoms with E-state index < -0.39 is 0 Å². The van der Waals surface area contributed by atoms with Crippen molar-refractivity contribution < 1.29 is 0 Å². The summed E-state index contributed by atoms with van der Waals surface area (Å²) < 4.78 is 1.17. The van der Waals surface area contributed by atoms with Gasteiger partial charge < -0.3 is 4.90 Å². The molecule has 0 saturated carbocycles. The SMILES string of the molecule is CN(C)CCc1cccc(Br)c1.Cl. The summed E-state index contributed by atoms with van der Waals surface area (Å²) in [6, 6.07) is 8.46. The lowest BCUT2D eigenvalue weighted by Gasteiger charge is -2.08. The third-order valence-electron chi connectivity index (χ3n) is 1.74. The molecule has 0 aliphatic carbocycles. The molecule has 0 spiro atoms. The van der Waals surface area contributed by atoms with Crippen LogP contribution in [0.5, 0.6) is 0 Å². The molecule has 0 radical (unpaired) electrons. The van der Waals surface area contributed by atoms with Gasteiger partial charge in [-0.1, -0.05) is 28.1 Å². The number of halogens is 2. The predicted octanol–water partition coefficient (Wildman–Crippen LogP) is 2.98. The van der Waals surface area contributed by atoms with Crippen LogP contribution >= 0.6 is 28.3 Å². The summed E-state index contributed by atoms with van der Waals surface area (Å²) in [7, 11) is 4.19. The van der Waals surface area contributed by atoms with Gasteiger partial charge in [0.25, 0.3) is 0 Å². The number of benzene rings is 1. The van der Waals surface area contributed by atoms with Gasteiger partial charge in [-0.25, -0.2) is 0 Å². The number of hydrogen-bond donors (Lipinski definition) is 0. The number of likely N-dealkylation sites (N-methyl/N-ethyl adjacent to an activating group) is 1. The Morgan fingerprint density at radius 1 is 1.31 bits per heavy atom. The summed E-state index contributed by atoms with van der Waals surface area (Å²) in [6.45, 7) is 1.11. The second kappa shape index (κ2) is 6.41. The lowest BCUT2D eigenvalue weighted by atomic mass is 10.1. The monoisotopic (exact) mass is 263 g/mol. The molecule has 1 aromatic carbocycles. The first-order chi connectivity index (χ1) is 5.68. The van der Waals surface area contributed by atoms with E-state index in [1.807, 2.05) is 0 Å². The number of nitrogens with zero attached hydrogens (tertiary/aromatic N) is 1. The van der Waals surface area contributed by atoms with Gasteiger partial charge in [0, 0.05) is 11.0 Å². The Labute approximate surface area is 94.7 Å². The lowest BCUT2D eigenvalue weighted by Crippen LogP contribution is -2.14. The molecule has 0 aromatic heterocycles. The van der Waals surface area contributed by atoms with Crippen molar-refractivity contribution in [3.05, 3.63) is 34.3 Å². The van der Waals surface area contributed by atoms with Crippen molar-refractivity contribution in [2.24, 2.45) is 0 Å². The van der Waals surface area contributed by atoms with Crippen molar-refractivity contribution >= 4 is 28.3 Å². The molecule has 3 heteroatoms. The van der Waals surface area contributed by atoms with Gasteiger partial charge in [-0.3, -0.25) is 0 Å². The minimum Gasteiger partial charge on any atom is -0.309 e. The van der Waals surface area contributed by atoms with E-state index in [-0.39, 0.29) is 12.4 Å². The average molecular weight is 265 g/mol. The molecule has 0 bridgehead atoms. The van der Waals surface area contributed by atoms with Gasteiger partial charge in [0.2, 0.25) is 0 Å². The molecule has 1 rings (SSSR count). The molecular formula is C10H15BrClN. The van der Waals surface area contributed by atoms with Gasteiger partial charge in [-0.15, -0.1) is 12.4 Å². The molecule has 0 unspecified atom stereocenters. The lowest BCUT2D eigenvalue weighted by molar-refractivity contribution is 0.413. The fourth-order valence-electron chi connectivity index (χ4n) is 1.05. The quantitative estimate of drug-likeness (QED) is 0.811. The summed E-state index contributed by atoms with van der Waals surface area (Å²) in [5, 5.41) is 0. The molecule has 0 fully saturated rings. The Balaban J connectivity index is 0.00000144. The van der Waals surface area contributed by atoms with Gasteiger partial charge in [-0.2, -0.15) is 0 Å². The zero-order valence-electron chi connectivity index (χ0n) is 7.96. The first kappa shape index (κ1) is 12.9. The molecule has 74 valence electrons. The first-order valence-electron chi connectivity index (χ1n) is 4.07. The largest absolute Gasteiger partial charge is 0.309 e. The topological polar surface area (TPSA) is 3.24 Å². The van der Waals surface area contributed by atoms with E-state index in [1.54, 1.807) is 0 Å². The van der Waals surface area contributed by atoms with Crippen LogP contribution in [0.1, 0.15) is 5.56 Å². The van der Waals surface area contributed by atoms with Crippen LogP contribution in [0.3, 0.4) is 0 Å². The van der Waals surface area contributed by atoms with E-state index in [2.05, 4.69) is 59.2 Å². The molecule has 0 atom stereocenters. The first-order valence-corrected chi connectivity index (χ1v) is 4.87. The summed E-state index contributed by atoms with van der Waals surface area (Å²) in [4.78, 5) is 2.20. The highest BCUT2D eigenvalue weighted by Crippen LogP contribution is 2.11. The smallest absolute Gasteiger partial charge is 0.0178 e. The van der Waals surface area contributed by atoms with Crippen LogP contribution in [0.25, 0.3) is 0 Å². The molecule has 13 heavy (non-hydrogen) atoms. The molecule has 0 amide bonds. The Kier molecular flexibility index (Phi) is 6.39. The van der Waals surface area contributed by atoms with Crippen molar-refractivity contribution in [1.29, 1.82) is 0 Å².